The molecule has 2 atom stereocenters. The zero-order chi connectivity index (χ0) is 27.7. The lowest BCUT2D eigenvalue weighted by Gasteiger charge is -2.50. The molecule has 1 saturated heterocycles. The Kier molecular flexibility index (Phi) is 7.12. The first-order chi connectivity index (χ1) is 18.8. The van der Waals surface area contributed by atoms with Gasteiger partial charge in [0.15, 0.2) is 24.8 Å². The molecule has 2 aliphatic rings. The van der Waals surface area contributed by atoms with Crippen LogP contribution in [0.2, 0.25) is 0 Å². The van der Waals surface area contributed by atoms with Gasteiger partial charge in [-0.3, -0.25) is 19.3 Å². The Labute approximate surface area is 228 Å². The molecule has 1 unspecified atom stereocenters. The van der Waals surface area contributed by atoms with E-state index in [1.807, 2.05) is 34.5 Å². The molecule has 0 aromatic carbocycles. The van der Waals surface area contributed by atoms with Gasteiger partial charge in [0.05, 0.1) is 17.1 Å². The molecule has 4 N–H and O–H groups in total. The van der Waals surface area contributed by atoms with Crippen molar-refractivity contribution in [1.29, 1.82) is 0 Å². The van der Waals surface area contributed by atoms with Crippen LogP contribution in [-0.2, 0) is 25.8 Å². The van der Waals surface area contributed by atoms with Crippen molar-refractivity contribution in [1.82, 2.24) is 25.5 Å². The Hall–Kier alpha value is -4.57. The standard InChI is InChI=1S/C23H20N8O6S2/c1-25-23(36)37-29-15(18-26-5-2-14(24)27-18)19(32)28-16-20(33)31-17(22(34)35)12(10-39-21(16)31)9-30-6-3-13-11(8-30)4-7-38-13/h2-8,16,21H,9-10H2,1H3,(H4-,24,25,26,27,28,32,34,35,36)/t16?,21-/m0/s1. The fourth-order valence-electron chi connectivity index (χ4n) is 4.08. The van der Waals surface area contributed by atoms with Crippen molar-refractivity contribution >= 4 is 68.6 Å². The highest BCUT2D eigenvalue weighted by atomic mass is 32.2. The number of nitrogens with two attached hydrogens (primary N) is 1. The molecule has 14 nitrogen and oxygen atoms in total. The van der Waals surface area contributed by atoms with Crippen LogP contribution in [0.25, 0.3) is 10.1 Å². The summed E-state index contributed by atoms with van der Waals surface area (Å²) >= 11 is 2.89. The van der Waals surface area contributed by atoms with Gasteiger partial charge < -0.3 is 26.3 Å². The lowest BCUT2D eigenvalue weighted by molar-refractivity contribution is -0.687. The quantitative estimate of drug-likeness (QED) is 0.102. The predicted octanol–water partition coefficient (Wildman–Crippen LogP) is -1.27. The minimum atomic E-state index is -1.49. The molecule has 0 aliphatic carbocycles. The molecule has 3 aromatic rings. The SMILES string of the molecule is CNC(=O)ON=C(C(=O)NC1C(=O)N2C(C(=O)[O-])=C(C[n+]3ccc4sccc4c3)CS[C@@H]12)c1nccc(N)n1. The van der Waals surface area contributed by atoms with E-state index in [-0.39, 0.29) is 29.6 Å². The van der Waals surface area contributed by atoms with E-state index in [9.17, 15) is 24.3 Å². The number of carboxylic acid groups (broad SMARTS) is 1. The normalized spacial score (nSPS) is 18.8. The number of rotatable bonds is 7. The van der Waals surface area contributed by atoms with E-state index in [0.717, 1.165) is 15.0 Å². The summed E-state index contributed by atoms with van der Waals surface area (Å²) in [4.78, 5) is 63.4. The van der Waals surface area contributed by atoms with Gasteiger partial charge in [-0.25, -0.2) is 19.3 Å². The maximum Gasteiger partial charge on any atom is 0.433 e. The number of nitrogen functional groups attached to an aromatic ring is 1. The van der Waals surface area contributed by atoms with E-state index < -0.39 is 41.0 Å². The first-order valence-electron chi connectivity index (χ1n) is 11.4. The summed E-state index contributed by atoms with van der Waals surface area (Å²) in [5, 5.41) is 22.6. The molecule has 5 rings (SSSR count). The van der Waals surface area contributed by atoms with E-state index in [2.05, 4.69) is 30.6 Å². The van der Waals surface area contributed by atoms with Crippen LogP contribution in [0.1, 0.15) is 5.82 Å². The summed E-state index contributed by atoms with van der Waals surface area (Å²) in [6, 6.07) is 4.20. The predicted molar refractivity (Wildman–Crippen MR) is 138 cm³/mol. The van der Waals surface area contributed by atoms with Gasteiger partial charge in [0.25, 0.3) is 11.8 Å². The lowest BCUT2D eigenvalue weighted by Crippen LogP contribution is -2.71. The highest BCUT2D eigenvalue weighted by Crippen LogP contribution is 2.40. The number of fused-ring (bicyclic) bond motifs is 2. The summed E-state index contributed by atoms with van der Waals surface area (Å²) < 4.78 is 2.94. The largest absolute Gasteiger partial charge is 0.543 e. The molecular formula is C23H20N8O6S2. The number of amides is 3. The third-order valence-corrected chi connectivity index (χ3v) is 8.12. The van der Waals surface area contributed by atoms with Gasteiger partial charge >= 0.3 is 6.09 Å². The molecule has 16 heteroatoms. The fourth-order valence-corrected chi connectivity index (χ4v) is 6.18. The zero-order valence-corrected chi connectivity index (χ0v) is 21.8. The Balaban J connectivity index is 1.36. The van der Waals surface area contributed by atoms with Gasteiger partial charge in [0.1, 0.15) is 17.2 Å². The van der Waals surface area contributed by atoms with E-state index in [1.54, 1.807) is 11.3 Å². The van der Waals surface area contributed by atoms with Crippen LogP contribution < -0.4 is 26.0 Å². The lowest BCUT2D eigenvalue weighted by atomic mass is 10.0. The molecule has 2 aliphatic heterocycles. The number of thioether (sulfide) groups is 1. The number of β-lactam (4-membered cyclic amide) rings is 1. The van der Waals surface area contributed by atoms with E-state index in [0.29, 0.717) is 5.57 Å². The van der Waals surface area contributed by atoms with E-state index in [4.69, 9.17) is 5.73 Å². The summed E-state index contributed by atoms with van der Waals surface area (Å²) in [5.74, 6) is -2.98. The number of aliphatic carboxylic acids is 1. The highest BCUT2D eigenvalue weighted by molar-refractivity contribution is 8.00. The van der Waals surface area contributed by atoms with Crippen molar-refractivity contribution < 1.29 is 33.7 Å². The number of hydrogen-bond acceptors (Lipinski definition) is 12. The minimum absolute atomic E-state index is 0.0291. The van der Waals surface area contributed by atoms with Crippen molar-refractivity contribution in [2.24, 2.45) is 5.16 Å². The van der Waals surface area contributed by atoms with Gasteiger partial charge in [-0.05, 0) is 17.5 Å². The van der Waals surface area contributed by atoms with Crippen LogP contribution in [0.4, 0.5) is 10.6 Å². The van der Waals surface area contributed by atoms with Crippen LogP contribution in [0.3, 0.4) is 0 Å². The second-order valence-electron chi connectivity index (χ2n) is 8.33. The molecule has 1 fully saturated rings. The third-order valence-electron chi connectivity index (χ3n) is 5.88. The summed E-state index contributed by atoms with van der Waals surface area (Å²) in [5.41, 5.74) is 5.45. The monoisotopic (exact) mass is 568 g/mol. The Morgan fingerprint density at radius 2 is 2.15 bits per heavy atom. The van der Waals surface area contributed by atoms with Crippen LogP contribution in [0, 0.1) is 0 Å². The van der Waals surface area contributed by atoms with Gasteiger partial charge in [-0.1, -0.05) is 5.16 Å². The molecule has 0 saturated carbocycles. The number of anilines is 1. The van der Waals surface area contributed by atoms with Gasteiger partial charge in [0.2, 0.25) is 5.71 Å². The van der Waals surface area contributed by atoms with Crippen molar-refractivity contribution in [3.05, 3.63) is 59.3 Å². The highest BCUT2D eigenvalue weighted by Gasteiger charge is 2.53. The number of aromatic nitrogens is 3. The van der Waals surface area contributed by atoms with E-state index in [1.165, 1.54) is 31.1 Å². The van der Waals surface area contributed by atoms with Gasteiger partial charge in [-0.15, -0.1) is 23.1 Å². The molecule has 39 heavy (non-hydrogen) atoms. The Bertz CT molecular complexity index is 1570. The van der Waals surface area contributed by atoms with Crippen molar-refractivity contribution in [3.63, 3.8) is 0 Å². The Morgan fingerprint density at radius 3 is 2.90 bits per heavy atom. The molecule has 0 bridgehead atoms. The smallest absolute Gasteiger partial charge is 0.433 e. The number of carboxylic acids is 1. The third kappa shape index (κ3) is 5.10. The second kappa shape index (κ2) is 10.7. The fraction of sp³-hybridized carbons (Fsp3) is 0.217. The number of thiophene rings is 1. The molecule has 5 heterocycles. The number of hydrogen-bond donors (Lipinski definition) is 3. The first-order valence-corrected chi connectivity index (χ1v) is 13.3. The number of nitrogens with one attached hydrogen (secondary N) is 2. The number of pyridine rings is 1. The average Bonchev–Trinajstić information content (AvgIpc) is 3.39. The van der Waals surface area contributed by atoms with Crippen molar-refractivity contribution in [2.45, 2.75) is 18.0 Å². The van der Waals surface area contributed by atoms with Crippen LogP contribution in [-0.4, -0.2) is 68.7 Å². The van der Waals surface area contributed by atoms with Crippen LogP contribution >= 0.6 is 23.1 Å². The van der Waals surface area contributed by atoms with Crippen molar-refractivity contribution in [3.8, 4) is 0 Å². The molecular weight excluding hydrogens is 548 g/mol. The maximum atomic E-state index is 13.1. The minimum Gasteiger partial charge on any atom is -0.543 e. The van der Waals surface area contributed by atoms with Crippen LogP contribution in [0.15, 0.2) is 58.6 Å². The number of carbonyl (C=O) groups is 4. The number of carbonyl (C=O) groups excluding carboxylic acids is 4. The molecule has 200 valence electrons. The van der Waals surface area contributed by atoms with E-state index >= 15 is 0 Å². The molecule has 3 aromatic heterocycles. The average molecular weight is 569 g/mol. The summed E-state index contributed by atoms with van der Waals surface area (Å²) in [6.07, 6.45) is 4.07. The number of oxime groups is 1. The topological polar surface area (TPSA) is 196 Å². The first kappa shape index (κ1) is 26.1. The van der Waals surface area contributed by atoms with Gasteiger partial charge in [-0.2, -0.15) is 0 Å². The molecule has 3 amide bonds. The van der Waals surface area contributed by atoms with Crippen molar-refractivity contribution in [2.75, 3.05) is 18.5 Å². The Morgan fingerprint density at radius 1 is 1.33 bits per heavy atom. The van der Waals surface area contributed by atoms with Gasteiger partial charge in [0, 0.05) is 35.3 Å². The summed E-state index contributed by atoms with van der Waals surface area (Å²) in [6.45, 7) is 0.246. The zero-order valence-electron chi connectivity index (χ0n) is 20.2. The summed E-state index contributed by atoms with van der Waals surface area (Å²) in [7, 11) is 1.30. The second-order valence-corrected chi connectivity index (χ2v) is 10.4. The number of nitrogens with zero attached hydrogens (tertiary/aromatic N) is 5. The molecule has 0 radical (unpaired) electrons. The molecule has 0 spiro atoms. The van der Waals surface area contributed by atoms with Crippen LogP contribution in [0.5, 0.6) is 0 Å². The maximum absolute atomic E-state index is 13.1.